The third kappa shape index (κ3) is 6.56. The molecular formula is C21H25NO3S. The Morgan fingerprint density at radius 3 is 2.23 bits per heavy atom. The van der Waals surface area contributed by atoms with Gasteiger partial charge in [-0.1, -0.05) is 19.1 Å². The van der Waals surface area contributed by atoms with Gasteiger partial charge in [-0.15, -0.1) is 11.8 Å². The topological polar surface area (TPSA) is 55.4 Å². The standard InChI is InChI=1S/C21H25NO3S/c1-4-16-5-9-18(10-6-16)22-21(24)14-26-13-20(23)17-7-11-19(12-8-17)25-15(2)3/h5-12,15H,4,13-14H2,1-3H3,(H,22,24). The first-order valence-corrected chi connectivity index (χ1v) is 9.90. The minimum atomic E-state index is -0.104. The number of ketones is 1. The van der Waals surface area contributed by atoms with Crippen LogP contribution in [0.3, 0.4) is 0 Å². The lowest BCUT2D eigenvalue weighted by molar-refractivity contribution is -0.113. The molecule has 0 atom stereocenters. The normalized spacial score (nSPS) is 10.6. The van der Waals surface area contributed by atoms with E-state index in [4.69, 9.17) is 4.74 Å². The van der Waals surface area contributed by atoms with Crippen LogP contribution in [0.5, 0.6) is 5.75 Å². The van der Waals surface area contributed by atoms with E-state index in [1.807, 2.05) is 38.1 Å². The molecule has 0 aliphatic heterocycles. The summed E-state index contributed by atoms with van der Waals surface area (Å²) < 4.78 is 5.56. The Balaban J connectivity index is 1.75. The zero-order chi connectivity index (χ0) is 18.9. The van der Waals surface area contributed by atoms with Crippen molar-refractivity contribution >= 4 is 29.1 Å². The number of carbonyl (C=O) groups excluding carboxylic acids is 2. The quantitative estimate of drug-likeness (QED) is 0.655. The van der Waals surface area contributed by atoms with Crippen molar-refractivity contribution in [1.29, 1.82) is 0 Å². The van der Waals surface area contributed by atoms with Crippen LogP contribution in [0.15, 0.2) is 48.5 Å². The molecule has 0 spiro atoms. The maximum atomic E-state index is 12.2. The zero-order valence-electron chi connectivity index (χ0n) is 15.5. The summed E-state index contributed by atoms with van der Waals surface area (Å²) in [7, 11) is 0. The van der Waals surface area contributed by atoms with Gasteiger partial charge >= 0.3 is 0 Å². The van der Waals surface area contributed by atoms with E-state index < -0.39 is 0 Å². The van der Waals surface area contributed by atoms with E-state index in [9.17, 15) is 9.59 Å². The number of anilines is 1. The van der Waals surface area contributed by atoms with Crippen molar-refractivity contribution in [3.63, 3.8) is 0 Å². The van der Waals surface area contributed by atoms with Gasteiger partial charge in [0.25, 0.3) is 0 Å². The van der Waals surface area contributed by atoms with E-state index in [-0.39, 0.29) is 29.3 Å². The summed E-state index contributed by atoms with van der Waals surface area (Å²) in [5, 5.41) is 2.84. The molecule has 5 heteroatoms. The van der Waals surface area contributed by atoms with Gasteiger partial charge in [0.05, 0.1) is 17.6 Å². The molecule has 2 aromatic carbocycles. The van der Waals surface area contributed by atoms with Crippen molar-refractivity contribution in [2.75, 3.05) is 16.8 Å². The van der Waals surface area contributed by atoms with Crippen molar-refractivity contribution in [1.82, 2.24) is 0 Å². The third-order valence-corrected chi connectivity index (χ3v) is 4.59. The molecule has 1 N–H and O–H groups in total. The van der Waals surface area contributed by atoms with E-state index in [0.717, 1.165) is 17.9 Å². The van der Waals surface area contributed by atoms with Gasteiger partial charge in [-0.2, -0.15) is 0 Å². The fraction of sp³-hybridized carbons (Fsp3) is 0.333. The molecule has 0 aliphatic rings. The van der Waals surface area contributed by atoms with Gasteiger partial charge in [-0.3, -0.25) is 9.59 Å². The smallest absolute Gasteiger partial charge is 0.234 e. The van der Waals surface area contributed by atoms with Crippen LogP contribution in [-0.4, -0.2) is 29.3 Å². The predicted molar refractivity (Wildman–Crippen MR) is 108 cm³/mol. The van der Waals surface area contributed by atoms with Crippen LogP contribution in [0, 0.1) is 0 Å². The Morgan fingerprint density at radius 2 is 1.65 bits per heavy atom. The first-order valence-electron chi connectivity index (χ1n) is 8.74. The SMILES string of the molecule is CCc1ccc(NC(=O)CSCC(=O)c2ccc(OC(C)C)cc2)cc1. The largest absolute Gasteiger partial charge is 0.491 e. The third-order valence-electron chi connectivity index (χ3n) is 3.66. The monoisotopic (exact) mass is 371 g/mol. The summed E-state index contributed by atoms with van der Waals surface area (Å²) in [6.07, 6.45) is 1.07. The average molecular weight is 372 g/mol. The molecule has 0 radical (unpaired) electrons. The van der Waals surface area contributed by atoms with Crippen LogP contribution < -0.4 is 10.1 Å². The Hall–Kier alpha value is -2.27. The maximum Gasteiger partial charge on any atom is 0.234 e. The fourth-order valence-electron chi connectivity index (χ4n) is 2.33. The maximum absolute atomic E-state index is 12.2. The van der Waals surface area contributed by atoms with Gasteiger partial charge in [0, 0.05) is 11.3 Å². The number of ether oxygens (including phenoxy) is 1. The van der Waals surface area contributed by atoms with Crippen molar-refractivity contribution in [3.8, 4) is 5.75 Å². The van der Waals surface area contributed by atoms with Crippen LogP contribution in [-0.2, 0) is 11.2 Å². The molecule has 4 nitrogen and oxygen atoms in total. The molecule has 2 aromatic rings. The highest BCUT2D eigenvalue weighted by Gasteiger charge is 2.09. The van der Waals surface area contributed by atoms with Crippen LogP contribution in [0.2, 0.25) is 0 Å². The minimum Gasteiger partial charge on any atom is -0.491 e. The molecule has 138 valence electrons. The second-order valence-corrected chi connectivity index (χ2v) is 7.19. The molecule has 2 rings (SSSR count). The summed E-state index contributed by atoms with van der Waals surface area (Å²) >= 11 is 1.31. The molecule has 0 fully saturated rings. The average Bonchev–Trinajstić information content (AvgIpc) is 2.62. The number of carbonyl (C=O) groups is 2. The van der Waals surface area contributed by atoms with Gasteiger partial charge in [-0.05, 0) is 62.2 Å². The Morgan fingerprint density at radius 1 is 1.00 bits per heavy atom. The summed E-state index contributed by atoms with van der Waals surface area (Å²) in [6, 6.07) is 14.9. The molecule has 0 saturated carbocycles. The molecule has 0 unspecified atom stereocenters. The number of hydrogen-bond acceptors (Lipinski definition) is 4. The Kier molecular flexibility index (Phi) is 7.73. The lowest BCUT2D eigenvalue weighted by Crippen LogP contribution is -2.15. The van der Waals surface area contributed by atoms with Gasteiger partial charge in [0.15, 0.2) is 5.78 Å². The van der Waals surface area contributed by atoms with E-state index in [2.05, 4.69) is 12.2 Å². The molecule has 0 aliphatic carbocycles. The highest BCUT2D eigenvalue weighted by Crippen LogP contribution is 2.16. The number of aryl methyl sites for hydroxylation is 1. The van der Waals surface area contributed by atoms with Crippen LogP contribution in [0.1, 0.15) is 36.7 Å². The lowest BCUT2D eigenvalue weighted by atomic mass is 10.1. The number of Topliss-reactive ketones (excluding diaryl/α,β-unsaturated/α-hetero) is 1. The summed E-state index contributed by atoms with van der Waals surface area (Å²) in [5.74, 6) is 1.17. The van der Waals surface area contributed by atoms with Gasteiger partial charge in [0.2, 0.25) is 5.91 Å². The van der Waals surface area contributed by atoms with Gasteiger partial charge in [0.1, 0.15) is 5.75 Å². The highest BCUT2D eigenvalue weighted by molar-refractivity contribution is 8.00. The fourth-order valence-corrected chi connectivity index (χ4v) is 3.04. The molecular weight excluding hydrogens is 346 g/mol. The van der Waals surface area contributed by atoms with E-state index in [1.54, 1.807) is 24.3 Å². The molecule has 1 amide bonds. The Labute approximate surface area is 159 Å². The number of rotatable bonds is 9. The number of hydrogen-bond donors (Lipinski definition) is 1. The Bertz CT molecular complexity index is 724. The lowest BCUT2D eigenvalue weighted by Gasteiger charge is -2.09. The van der Waals surface area contributed by atoms with E-state index in [0.29, 0.717) is 5.56 Å². The highest BCUT2D eigenvalue weighted by atomic mass is 32.2. The van der Waals surface area contributed by atoms with Gasteiger partial charge in [-0.25, -0.2) is 0 Å². The first-order chi connectivity index (χ1) is 12.5. The second kappa shape index (κ2) is 10.0. The van der Waals surface area contributed by atoms with Crippen molar-refractivity contribution in [2.24, 2.45) is 0 Å². The first kappa shape index (κ1) is 20.0. The van der Waals surface area contributed by atoms with Crippen molar-refractivity contribution in [3.05, 3.63) is 59.7 Å². The van der Waals surface area contributed by atoms with E-state index in [1.165, 1.54) is 17.3 Å². The molecule has 0 saturated heterocycles. The zero-order valence-corrected chi connectivity index (χ0v) is 16.3. The number of thioether (sulfide) groups is 1. The minimum absolute atomic E-state index is 0.00574. The molecule has 0 aromatic heterocycles. The number of amides is 1. The van der Waals surface area contributed by atoms with Crippen molar-refractivity contribution in [2.45, 2.75) is 33.3 Å². The number of nitrogens with one attached hydrogen (secondary N) is 1. The summed E-state index contributed by atoms with van der Waals surface area (Å²) in [5.41, 5.74) is 2.64. The molecule has 0 heterocycles. The van der Waals surface area contributed by atoms with Crippen LogP contribution in [0.4, 0.5) is 5.69 Å². The van der Waals surface area contributed by atoms with Crippen LogP contribution >= 0.6 is 11.8 Å². The van der Waals surface area contributed by atoms with E-state index >= 15 is 0 Å². The van der Waals surface area contributed by atoms with Crippen molar-refractivity contribution < 1.29 is 14.3 Å². The summed E-state index contributed by atoms with van der Waals surface area (Å²) in [6.45, 7) is 6.00. The predicted octanol–water partition coefficient (Wildman–Crippen LogP) is 4.59. The summed E-state index contributed by atoms with van der Waals surface area (Å²) in [4.78, 5) is 24.2. The molecule has 0 bridgehead atoms. The van der Waals surface area contributed by atoms with Gasteiger partial charge < -0.3 is 10.1 Å². The number of benzene rings is 2. The van der Waals surface area contributed by atoms with Crippen LogP contribution in [0.25, 0.3) is 0 Å². The molecule has 26 heavy (non-hydrogen) atoms. The second-order valence-electron chi connectivity index (χ2n) is 6.21.